The Morgan fingerprint density at radius 2 is 1.95 bits per heavy atom. The van der Waals surface area contributed by atoms with Gasteiger partial charge in [-0.25, -0.2) is 0 Å². The number of nitrogens with one attached hydrogen (secondary N) is 1. The molecule has 0 aromatic heterocycles. The van der Waals surface area contributed by atoms with Crippen LogP contribution in [0.2, 0.25) is 0 Å². The van der Waals surface area contributed by atoms with Gasteiger partial charge in [0.15, 0.2) is 0 Å². The molecule has 118 valence electrons. The maximum absolute atomic E-state index is 12.4. The van der Waals surface area contributed by atoms with Gasteiger partial charge in [-0.05, 0) is 18.9 Å². The lowest BCUT2D eigenvalue weighted by molar-refractivity contribution is -0.126. The van der Waals surface area contributed by atoms with E-state index in [9.17, 15) is 4.79 Å². The molecule has 4 heteroatoms. The molecule has 1 saturated carbocycles. The highest BCUT2D eigenvalue weighted by Gasteiger charge is 2.27. The molecule has 0 saturated heterocycles. The first kappa shape index (κ1) is 13.9. The van der Waals surface area contributed by atoms with Crippen LogP contribution >= 0.6 is 0 Å². The molecule has 0 atom stereocenters. The number of benzene rings is 1. The minimum absolute atomic E-state index is 0.204. The van der Waals surface area contributed by atoms with Crippen LogP contribution in [-0.4, -0.2) is 19.1 Å². The normalized spacial score (nSPS) is 20.0. The van der Waals surface area contributed by atoms with Crippen LogP contribution in [0.5, 0.6) is 11.5 Å². The minimum atomic E-state index is 0.204. The van der Waals surface area contributed by atoms with Crippen molar-refractivity contribution >= 4 is 5.91 Å². The Balaban J connectivity index is 1.52. The second-order valence-electron chi connectivity index (χ2n) is 6.57. The SMILES string of the molecule is O=C(NCc1c2c(cc3c1OCC3)OCC2)C1CCCCC1. The maximum atomic E-state index is 12.4. The highest BCUT2D eigenvalue weighted by molar-refractivity contribution is 5.79. The van der Waals surface area contributed by atoms with E-state index in [0.717, 1.165) is 56.0 Å². The molecule has 0 unspecified atom stereocenters. The lowest BCUT2D eigenvalue weighted by Crippen LogP contribution is -2.31. The van der Waals surface area contributed by atoms with Crippen molar-refractivity contribution < 1.29 is 14.3 Å². The predicted octanol–water partition coefficient (Wildman–Crippen LogP) is 2.75. The lowest BCUT2D eigenvalue weighted by atomic mass is 9.88. The molecule has 22 heavy (non-hydrogen) atoms. The highest BCUT2D eigenvalue weighted by atomic mass is 16.5. The van der Waals surface area contributed by atoms with Crippen molar-refractivity contribution in [3.8, 4) is 11.5 Å². The number of hydrogen-bond donors (Lipinski definition) is 1. The first-order chi connectivity index (χ1) is 10.8. The van der Waals surface area contributed by atoms with Crippen molar-refractivity contribution in [3.05, 3.63) is 22.8 Å². The first-order valence-electron chi connectivity index (χ1n) is 8.54. The largest absolute Gasteiger partial charge is 0.493 e. The zero-order chi connectivity index (χ0) is 14.9. The number of rotatable bonds is 3. The topological polar surface area (TPSA) is 47.6 Å². The van der Waals surface area contributed by atoms with E-state index in [4.69, 9.17) is 9.47 Å². The molecule has 1 fully saturated rings. The minimum Gasteiger partial charge on any atom is -0.493 e. The molecular formula is C18H23NO3. The number of hydrogen-bond acceptors (Lipinski definition) is 3. The number of fused-ring (bicyclic) bond motifs is 2. The van der Waals surface area contributed by atoms with Gasteiger partial charge in [-0.15, -0.1) is 0 Å². The van der Waals surface area contributed by atoms with Gasteiger partial charge in [0.1, 0.15) is 11.5 Å². The van der Waals surface area contributed by atoms with Gasteiger partial charge in [-0.2, -0.15) is 0 Å². The van der Waals surface area contributed by atoms with Crippen molar-refractivity contribution in [3.63, 3.8) is 0 Å². The van der Waals surface area contributed by atoms with Crippen molar-refractivity contribution in [2.24, 2.45) is 5.92 Å². The maximum Gasteiger partial charge on any atom is 0.223 e. The molecule has 2 aliphatic heterocycles. The van der Waals surface area contributed by atoms with E-state index in [0.29, 0.717) is 6.54 Å². The van der Waals surface area contributed by atoms with Crippen LogP contribution in [-0.2, 0) is 24.2 Å². The van der Waals surface area contributed by atoms with Gasteiger partial charge in [0.2, 0.25) is 5.91 Å². The monoisotopic (exact) mass is 301 g/mol. The molecule has 2 heterocycles. The van der Waals surface area contributed by atoms with Crippen LogP contribution in [0, 0.1) is 5.92 Å². The van der Waals surface area contributed by atoms with Crippen molar-refractivity contribution in [1.29, 1.82) is 0 Å². The Hall–Kier alpha value is -1.71. The van der Waals surface area contributed by atoms with Gasteiger partial charge >= 0.3 is 0 Å². The fourth-order valence-electron chi connectivity index (χ4n) is 3.96. The summed E-state index contributed by atoms with van der Waals surface area (Å²) in [7, 11) is 0. The van der Waals surface area contributed by atoms with Crippen molar-refractivity contribution in [2.75, 3.05) is 13.2 Å². The van der Waals surface area contributed by atoms with E-state index in [1.165, 1.54) is 30.4 Å². The second-order valence-corrected chi connectivity index (χ2v) is 6.57. The van der Waals surface area contributed by atoms with Gasteiger partial charge in [0.25, 0.3) is 0 Å². The number of carbonyl (C=O) groups excluding carboxylic acids is 1. The molecule has 1 N–H and O–H groups in total. The van der Waals surface area contributed by atoms with Crippen LogP contribution in [0.1, 0.15) is 48.8 Å². The zero-order valence-electron chi connectivity index (χ0n) is 13.0. The molecule has 1 aromatic carbocycles. The summed E-state index contributed by atoms with van der Waals surface area (Å²) in [6.07, 6.45) is 7.58. The molecule has 1 amide bonds. The smallest absolute Gasteiger partial charge is 0.223 e. The van der Waals surface area contributed by atoms with E-state index >= 15 is 0 Å². The van der Waals surface area contributed by atoms with Crippen LogP contribution in [0.3, 0.4) is 0 Å². The predicted molar refractivity (Wildman–Crippen MR) is 83.3 cm³/mol. The van der Waals surface area contributed by atoms with Crippen molar-refractivity contribution in [1.82, 2.24) is 5.32 Å². The summed E-state index contributed by atoms with van der Waals surface area (Å²) in [6, 6.07) is 2.12. The van der Waals surface area contributed by atoms with Crippen molar-refractivity contribution in [2.45, 2.75) is 51.5 Å². The van der Waals surface area contributed by atoms with Gasteiger partial charge in [-0.3, -0.25) is 4.79 Å². The molecule has 1 aromatic rings. The van der Waals surface area contributed by atoms with E-state index in [2.05, 4.69) is 11.4 Å². The first-order valence-corrected chi connectivity index (χ1v) is 8.54. The quantitative estimate of drug-likeness (QED) is 0.934. The van der Waals surface area contributed by atoms with Crippen LogP contribution in [0.15, 0.2) is 6.07 Å². The molecule has 0 spiro atoms. The van der Waals surface area contributed by atoms with Gasteiger partial charge in [-0.1, -0.05) is 19.3 Å². The van der Waals surface area contributed by atoms with Crippen LogP contribution in [0.25, 0.3) is 0 Å². The average molecular weight is 301 g/mol. The molecule has 0 radical (unpaired) electrons. The van der Waals surface area contributed by atoms with E-state index in [1.807, 2.05) is 0 Å². The molecular weight excluding hydrogens is 278 g/mol. The third-order valence-corrected chi connectivity index (χ3v) is 5.18. The van der Waals surface area contributed by atoms with Gasteiger partial charge < -0.3 is 14.8 Å². The third-order valence-electron chi connectivity index (χ3n) is 5.18. The van der Waals surface area contributed by atoms with Gasteiger partial charge in [0, 0.05) is 42.0 Å². The summed E-state index contributed by atoms with van der Waals surface area (Å²) >= 11 is 0. The summed E-state index contributed by atoms with van der Waals surface area (Å²) in [5.74, 6) is 2.40. The van der Waals surface area contributed by atoms with Crippen LogP contribution < -0.4 is 14.8 Å². The lowest BCUT2D eigenvalue weighted by Gasteiger charge is -2.21. The third kappa shape index (κ3) is 2.44. The molecule has 1 aliphatic carbocycles. The van der Waals surface area contributed by atoms with E-state index < -0.39 is 0 Å². The Bertz CT molecular complexity index is 558. The van der Waals surface area contributed by atoms with E-state index in [1.54, 1.807) is 0 Å². The number of amides is 1. The molecule has 3 aliphatic rings. The summed E-state index contributed by atoms with van der Waals surface area (Å²) in [6.45, 7) is 2.05. The second kappa shape index (κ2) is 5.82. The van der Waals surface area contributed by atoms with Crippen LogP contribution in [0.4, 0.5) is 0 Å². The molecule has 4 rings (SSSR count). The van der Waals surface area contributed by atoms with E-state index in [-0.39, 0.29) is 11.8 Å². The van der Waals surface area contributed by atoms with Gasteiger partial charge in [0.05, 0.1) is 13.2 Å². The fourth-order valence-corrected chi connectivity index (χ4v) is 3.96. The molecule has 0 bridgehead atoms. The fraction of sp³-hybridized carbons (Fsp3) is 0.611. The zero-order valence-corrected chi connectivity index (χ0v) is 13.0. The number of ether oxygens (including phenoxy) is 2. The summed E-state index contributed by atoms with van der Waals surface area (Å²) in [5, 5.41) is 3.15. The Kier molecular flexibility index (Phi) is 3.68. The summed E-state index contributed by atoms with van der Waals surface area (Å²) < 4.78 is 11.5. The standard InChI is InChI=1S/C18H23NO3/c20-18(12-4-2-1-3-5-12)19-11-15-14-7-9-21-16(14)10-13-6-8-22-17(13)15/h10,12H,1-9,11H2,(H,19,20). The average Bonchev–Trinajstić information content (AvgIpc) is 3.20. The summed E-state index contributed by atoms with van der Waals surface area (Å²) in [4.78, 5) is 12.4. The Morgan fingerprint density at radius 3 is 2.82 bits per heavy atom. The Morgan fingerprint density at radius 1 is 1.14 bits per heavy atom. The molecule has 4 nitrogen and oxygen atoms in total. The highest BCUT2D eigenvalue weighted by Crippen LogP contribution is 2.40. The number of carbonyl (C=O) groups is 1. The Labute approximate surface area is 131 Å². The summed E-state index contributed by atoms with van der Waals surface area (Å²) in [5.41, 5.74) is 3.60.